The second kappa shape index (κ2) is 24.5. The van der Waals surface area contributed by atoms with Crippen LogP contribution in [0.4, 0.5) is 5.69 Å². The van der Waals surface area contributed by atoms with Crippen molar-refractivity contribution in [3.8, 4) is 0 Å². The molecule has 9 rings (SSSR count). The SMILES string of the molecule is CCN(CC)c1ccc(C(=N\OP(=O)(c2ccccc2)c2ccccc2)/C(=N\OP(=O)(c2ccccc2)c2ccccc2)C(=N\OP(=O)(c2ccccc2)c2ccccc2)/c2ccc(Sc3ccccc3)cc2)cc1. The fourth-order valence-electron chi connectivity index (χ4n) is 8.16. The van der Waals surface area contributed by atoms with E-state index in [1.165, 1.54) is 0 Å². The Morgan fingerprint density at radius 1 is 0.360 bits per heavy atom. The van der Waals surface area contributed by atoms with Crippen molar-refractivity contribution < 1.29 is 27.6 Å². The fraction of sp³-hybridized carbons (Fsp3) is 0.0656. The van der Waals surface area contributed by atoms with Gasteiger partial charge in [0.1, 0.15) is 11.4 Å². The van der Waals surface area contributed by atoms with Crippen molar-refractivity contribution >= 4 is 88.5 Å². The third kappa shape index (κ3) is 12.1. The number of nitrogens with zero attached hydrogens (tertiary/aromatic N) is 4. The summed E-state index contributed by atoms with van der Waals surface area (Å²) in [6.45, 7) is 5.67. The van der Waals surface area contributed by atoms with E-state index in [2.05, 4.69) is 18.7 Å². The van der Waals surface area contributed by atoms with Crippen LogP contribution in [0.25, 0.3) is 0 Å². The van der Waals surface area contributed by atoms with Crippen molar-refractivity contribution in [2.45, 2.75) is 23.6 Å². The lowest BCUT2D eigenvalue weighted by Crippen LogP contribution is -2.29. The van der Waals surface area contributed by atoms with Gasteiger partial charge in [-0.3, -0.25) is 13.7 Å². The molecule has 374 valence electrons. The molecule has 9 aromatic rings. The predicted molar refractivity (Wildman–Crippen MR) is 310 cm³/mol. The van der Waals surface area contributed by atoms with Crippen molar-refractivity contribution in [2.24, 2.45) is 15.5 Å². The maximum Gasteiger partial charge on any atom is 0.330 e. The number of oxime groups is 3. The van der Waals surface area contributed by atoms with Gasteiger partial charge in [0.2, 0.25) is 0 Å². The summed E-state index contributed by atoms with van der Waals surface area (Å²) in [6, 6.07) is 78.3. The summed E-state index contributed by atoms with van der Waals surface area (Å²) in [5.74, 6) is 0. The molecule has 0 amide bonds. The normalized spacial score (nSPS) is 12.4. The number of hydrogen-bond donors (Lipinski definition) is 0. The van der Waals surface area contributed by atoms with Crippen LogP contribution in [0.15, 0.2) is 286 Å². The lowest BCUT2D eigenvalue weighted by Gasteiger charge is -2.22. The van der Waals surface area contributed by atoms with Crippen LogP contribution < -0.4 is 36.7 Å². The molecule has 0 saturated carbocycles. The van der Waals surface area contributed by atoms with E-state index in [1.807, 2.05) is 115 Å². The topological polar surface area (TPSA) is 119 Å². The van der Waals surface area contributed by atoms with Crippen molar-refractivity contribution in [2.75, 3.05) is 18.0 Å². The summed E-state index contributed by atoms with van der Waals surface area (Å²) < 4.78 is 67.0. The number of hydrogen-bond acceptors (Lipinski definition) is 11. The highest BCUT2D eigenvalue weighted by atomic mass is 32.2. The van der Waals surface area contributed by atoms with Gasteiger partial charge >= 0.3 is 22.1 Å². The van der Waals surface area contributed by atoms with Gasteiger partial charge in [-0.25, -0.2) is 0 Å². The second-order valence-corrected chi connectivity index (χ2v) is 24.9. The molecular weight excluding hydrogens is 1010 g/mol. The third-order valence-corrected chi connectivity index (χ3v) is 20.0. The van der Waals surface area contributed by atoms with Crippen LogP contribution in [0.3, 0.4) is 0 Å². The standard InChI is InChI=1S/C61H53N4O6P3S/c1-3-65(4-2)50-44-40-48(41-45-50)59(62-69-72(66,51-26-12-5-13-27-51)52-28-14-6-15-29-52)61(64-71-74(68,55-34-20-9-21-35-55)56-36-22-10-23-37-56)60(49-42-46-58(47-43-49)75-57-38-24-11-25-39-57)63-70-73(67,53-30-16-7-17-31-53)54-32-18-8-19-33-54/h5-47H,3-4H2,1-2H3/b62-59+,63-60-,64-61+. The average molecular weight is 1060 g/mol. The highest BCUT2D eigenvalue weighted by molar-refractivity contribution is 7.99. The van der Waals surface area contributed by atoms with Crippen molar-refractivity contribution in [1.29, 1.82) is 0 Å². The van der Waals surface area contributed by atoms with Crippen molar-refractivity contribution in [3.63, 3.8) is 0 Å². The van der Waals surface area contributed by atoms with E-state index >= 15 is 13.7 Å². The number of benzene rings is 9. The minimum Gasteiger partial charge on any atom is -0.372 e. The smallest absolute Gasteiger partial charge is 0.330 e. The highest BCUT2D eigenvalue weighted by Crippen LogP contribution is 2.48. The Hall–Kier alpha value is -7.77. The highest BCUT2D eigenvalue weighted by Gasteiger charge is 2.36. The van der Waals surface area contributed by atoms with E-state index in [0.29, 0.717) is 43.0 Å². The molecular formula is C61H53N4O6P3S. The number of rotatable bonds is 21. The molecule has 0 aromatic heterocycles. The molecule has 0 aliphatic heterocycles. The van der Waals surface area contributed by atoms with Gasteiger partial charge in [0.05, 0.1) is 31.8 Å². The zero-order valence-electron chi connectivity index (χ0n) is 41.2. The van der Waals surface area contributed by atoms with Gasteiger partial charge in [-0.1, -0.05) is 179 Å². The van der Waals surface area contributed by atoms with Crippen LogP contribution >= 0.6 is 33.9 Å². The molecule has 0 saturated heterocycles. The van der Waals surface area contributed by atoms with Gasteiger partial charge in [0, 0.05) is 39.7 Å². The molecule has 0 fully saturated rings. The second-order valence-electron chi connectivity index (χ2n) is 16.9. The van der Waals surface area contributed by atoms with E-state index in [0.717, 1.165) is 28.6 Å². The Balaban J connectivity index is 1.33. The van der Waals surface area contributed by atoms with Gasteiger partial charge in [0.15, 0.2) is 5.71 Å². The fourth-order valence-corrected chi connectivity index (χ4v) is 14.4. The van der Waals surface area contributed by atoms with E-state index in [4.69, 9.17) is 29.3 Å². The van der Waals surface area contributed by atoms with Crippen LogP contribution in [0, 0.1) is 0 Å². The Morgan fingerprint density at radius 3 is 0.933 bits per heavy atom. The quantitative estimate of drug-likeness (QED) is 0.0396. The minimum atomic E-state index is -4.11. The van der Waals surface area contributed by atoms with Gasteiger partial charge < -0.3 is 18.8 Å². The molecule has 9 aromatic carbocycles. The Labute approximate surface area is 442 Å². The molecule has 14 heteroatoms. The first kappa shape index (κ1) is 52.1. The summed E-state index contributed by atoms with van der Waals surface area (Å²) in [4.78, 5) is 4.14. The molecule has 0 bridgehead atoms. The van der Waals surface area contributed by atoms with Crippen LogP contribution in [0.5, 0.6) is 0 Å². The van der Waals surface area contributed by atoms with E-state index in [9.17, 15) is 0 Å². The average Bonchev–Trinajstić information content (AvgIpc) is 3.48. The van der Waals surface area contributed by atoms with Gasteiger partial charge in [-0.05, 0) is 123 Å². The molecule has 0 atom stereocenters. The lowest BCUT2D eigenvalue weighted by atomic mass is 9.97. The van der Waals surface area contributed by atoms with E-state index in [-0.39, 0.29) is 17.1 Å². The molecule has 0 aliphatic carbocycles. The summed E-state index contributed by atoms with van der Waals surface area (Å²) in [7, 11) is -12.2. The van der Waals surface area contributed by atoms with E-state index < -0.39 is 22.1 Å². The molecule has 10 nitrogen and oxygen atoms in total. The first-order valence-electron chi connectivity index (χ1n) is 24.4. The first-order chi connectivity index (χ1) is 36.7. The first-order valence-corrected chi connectivity index (χ1v) is 30.0. The summed E-state index contributed by atoms with van der Waals surface area (Å²) in [5, 5.41) is 17.0. The molecule has 0 heterocycles. The molecule has 75 heavy (non-hydrogen) atoms. The van der Waals surface area contributed by atoms with Gasteiger partial charge in [-0.15, -0.1) is 0 Å². The van der Waals surface area contributed by atoms with Crippen molar-refractivity contribution in [1.82, 2.24) is 0 Å². The lowest BCUT2D eigenvalue weighted by molar-refractivity contribution is 0.343. The minimum absolute atomic E-state index is 0.0137. The summed E-state index contributed by atoms with van der Waals surface area (Å²) in [5.41, 5.74) is 1.63. The van der Waals surface area contributed by atoms with Crippen LogP contribution in [-0.2, 0) is 27.6 Å². The maximum absolute atomic E-state index is 15.8. The molecule has 0 spiro atoms. The van der Waals surface area contributed by atoms with Crippen LogP contribution in [0.2, 0.25) is 0 Å². The third-order valence-electron chi connectivity index (χ3n) is 12.1. The van der Waals surface area contributed by atoms with E-state index in [1.54, 1.807) is 157 Å². The summed E-state index contributed by atoms with van der Waals surface area (Å²) in [6.07, 6.45) is 0. The molecule has 0 radical (unpaired) electrons. The van der Waals surface area contributed by atoms with Crippen molar-refractivity contribution in [3.05, 3.63) is 272 Å². The monoisotopic (exact) mass is 1060 g/mol. The zero-order valence-corrected chi connectivity index (χ0v) is 44.7. The van der Waals surface area contributed by atoms with Gasteiger partial charge in [0.25, 0.3) is 0 Å². The number of anilines is 1. The molecule has 0 aliphatic rings. The maximum atomic E-state index is 15.8. The van der Waals surface area contributed by atoms with Crippen LogP contribution in [0.1, 0.15) is 25.0 Å². The van der Waals surface area contributed by atoms with Crippen LogP contribution in [-0.4, -0.2) is 30.2 Å². The van der Waals surface area contributed by atoms with Gasteiger partial charge in [-0.2, -0.15) is 0 Å². The Morgan fingerprint density at radius 2 is 0.627 bits per heavy atom. The predicted octanol–water partition coefficient (Wildman–Crippen LogP) is 13.0. The Kier molecular flexibility index (Phi) is 17.0. The molecule has 0 unspecified atom stereocenters. The Bertz CT molecular complexity index is 3390. The molecule has 0 N–H and O–H groups in total. The zero-order chi connectivity index (χ0) is 51.9. The summed E-state index contributed by atoms with van der Waals surface area (Å²) >= 11 is 1.57. The largest absolute Gasteiger partial charge is 0.372 e.